The fourth-order valence-electron chi connectivity index (χ4n) is 3.05. The lowest BCUT2D eigenvalue weighted by atomic mass is 9.92. The Balaban J connectivity index is 1.02. The predicted molar refractivity (Wildman–Crippen MR) is 124 cm³/mol. The smallest absolute Gasteiger partial charge is 0.213 e. The molecule has 0 radical (unpaired) electrons. The van der Waals surface area contributed by atoms with Gasteiger partial charge in [0, 0.05) is 29.6 Å². The van der Waals surface area contributed by atoms with E-state index in [4.69, 9.17) is 28.4 Å². The van der Waals surface area contributed by atoms with Crippen LogP contribution in [0.25, 0.3) is 0 Å². The van der Waals surface area contributed by atoms with Crippen molar-refractivity contribution < 1.29 is 28.4 Å². The molecule has 1 fully saturated rings. The molecule has 1 heterocycles. The first-order valence-corrected chi connectivity index (χ1v) is 11.8. The van der Waals surface area contributed by atoms with Gasteiger partial charge in [0.25, 0.3) is 0 Å². The average molecular weight is 510 g/mol. The molecular weight excluding hydrogens is 478 g/mol. The molecule has 176 valence electrons. The van der Waals surface area contributed by atoms with Gasteiger partial charge >= 0.3 is 0 Å². The molecule has 1 aliphatic rings. The van der Waals surface area contributed by atoms with Gasteiger partial charge in [0.15, 0.2) is 0 Å². The van der Waals surface area contributed by atoms with Gasteiger partial charge in [0.2, 0.25) is 5.88 Å². The maximum Gasteiger partial charge on any atom is 0.213 e. The normalized spacial score (nSPS) is 17.8. The van der Waals surface area contributed by atoms with Crippen molar-refractivity contribution in [2.45, 2.75) is 31.7 Å². The summed E-state index contributed by atoms with van der Waals surface area (Å²) in [4.78, 5) is 4.22. The molecular formula is C24H32BrNO6. The summed E-state index contributed by atoms with van der Waals surface area (Å²) in [5.41, 5.74) is 1.17. The standard InChI is InChI=1S/C24H32BrNO6/c25-21-6-7-24(26-18-21)32-23-16-22(17-23)31-15-14-29-11-10-27-8-9-28-12-13-30-19-20-4-2-1-3-5-20/h1-7,18,22-23H,8-17,19H2/t22-,23-. The number of pyridine rings is 1. The molecule has 32 heavy (non-hydrogen) atoms. The highest BCUT2D eigenvalue weighted by Crippen LogP contribution is 2.27. The van der Waals surface area contributed by atoms with E-state index >= 15 is 0 Å². The predicted octanol–water partition coefficient (Wildman–Crippen LogP) is 4.04. The number of halogens is 1. The third-order valence-electron chi connectivity index (χ3n) is 4.85. The molecule has 1 aromatic heterocycles. The molecule has 1 aromatic carbocycles. The average Bonchev–Trinajstić information content (AvgIpc) is 2.79. The van der Waals surface area contributed by atoms with E-state index in [1.54, 1.807) is 6.20 Å². The largest absolute Gasteiger partial charge is 0.474 e. The second-order valence-corrected chi connectivity index (χ2v) is 8.31. The molecule has 0 N–H and O–H groups in total. The topological polar surface area (TPSA) is 68.3 Å². The number of hydrogen-bond donors (Lipinski definition) is 0. The first kappa shape index (κ1) is 25.1. The summed E-state index contributed by atoms with van der Waals surface area (Å²) in [5, 5.41) is 0. The maximum atomic E-state index is 5.80. The van der Waals surface area contributed by atoms with Crippen LogP contribution in [0.3, 0.4) is 0 Å². The van der Waals surface area contributed by atoms with E-state index in [-0.39, 0.29) is 12.2 Å². The van der Waals surface area contributed by atoms with Crippen molar-refractivity contribution in [3.8, 4) is 5.88 Å². The van der Waals surface area contributed by atoms with Crippen LogP contribution in [0.4, 0.5) is 0 Å². The van der Waals surface area contributed by atoms with Gasteiger partial charge in [-0.05, 0) is 27.6 Å². The van der Waals surface area contributed by atoms with Crippen LogP contribution in [0.5, 0.6) is 5.88 Å². The van der Waals surface area contributed by atoms with Gasteiger partial charge in [0.05, 0.1) is 65.6 Å². The summed E-state index contributed by atoms with van der Waals surface area (Å²) in [6.07, 6.45) is 3.93. The minimum atomic E-state index is 0.181. The monoisotopic (exact) mass is 509 g/mol. The summed E-state index contributed by atoms with van der Waals surface area (Å²) >= 11 is 3.36. The lowest BCUT2D eigenvalue weighted by molar-refractivity contribution is -0.0798. The molecule has 1 saturated carbocycles. The Labute approximate surface area is 198 Å². The van der Waals surface area contributed by atoms with Gasteiger partial charge in [-0.3, -0.25) is 0 Å². The van der Waals surface area contributed by atoms with E-state index in [1.807, 2.05) is 42.5 Å². The second-order valence-electron chi connectivity index (χ2n) is 7.39. The van der Waals surface area contributed by atoms with Crippen molar-refractivity contribution in [3.05, 3.63) is 58.7 Å². The Kier molecular flexibility index (Phi) is 12.0. The molecule has 7 nitrogen and oxygen atoms in total. The van der Waals surface area contributed by atoms with Gasteiger partial charge in [-0.15, -0.1) is 0 Å². The van der Waals surface area contributed by atoms with Crippen LogP contribution >= 0.6 is 15.9 Å². The minimum absolute atomic E-state index is 0.181. The summed E-state index contributed by atoms with van der Waals surface area (Å²) in [6, 6.07) is 13.9. The summed E-state index contributed by atoms with van der Waals surface area (Å²) in [7, 11) is 0. The van der Waals surface area contributed by atoms with E-state index in [0.717, 1.165) is 17.3 Å². The quantitative estimate of drug-likeness (QED) is 0.298. The Morgan fingerprint density at radius 1 is 0.719 bits per heavy atom. The van der Waals surface area contributed by atoms with Crippen LogP contribution < -0.4 is 4.74 Å². The Hall–Kier alpha value is -1.55. The van der Waals surface area contributed by atoms with E-state index in [9.17, 15) is 0 Å². The van der Waals surface area contributed by atoms with Gasteiger partial charge < -0.3 is 28.4 Å². The van der Waals surface area contributed by atoms with Crippen molar-refractivity contribution in [2.75, 3.05) is 52.9 Å². The number of hydrogen-bond acceptors (Lipinski definition) is 7. The lowest BCUT2D eigenvalue weighted by Crippen LogP contribution is -2.40. The minimum Gasteiger partial charge on any atom is -0.474 e. The van der Waals surface area contributed by atoms with Crippen molar-refractivity contribution in [2.24, 2.45) is 0 Å². The van der Waals surface area contributed by atoms with Crippen molar-refractivity contribution in [1.82, 2.24) is 4.98 Å². The number of rotatable bonds is 17. The van der Waals surface area contributed by atoms with Crippen LogP contribution in [-0.2, 0) is 30.3 Å². The van der Waals surface area contributed by atoms with Crippen LogP contribution in [0.2, 0.25) is 0 Å². The molecule has 3 rings (SSSR count). The zero-order valence-electron chi connectivity index (χ0n) is 18.3. The fourth-order valence-corrected chi connectivity index (χ4v) is 3.28. The zero-order chi connectivity index (χ0) is 22.3. The van der Waals surface area contributed by atoms with Gasteiger partial charge in [-0.2, -0.15) is 0 Å². The van der Waals surface area contributed by atoms with Crippen molar-refractivity contribution in [3.63, 3.8) is 0 Å². The summed E-state index contributed by atoms with van der Waals surface area (Å²) < 4.78 is 34.6. The summed E-state index contributed by atoms with van der Waals surface area (Å²) in [6.45, 7) is 5.11. The molecule has 0 amide bonds. The molecule has 2 aromatic rings. The van der Waals surface area contributed by atoms with Gasteiger partial charge in [-0.1, -0.05) is 30.3 Å². The molecule has 1 aliphatic carbocycles. The van der Waals surface area contributed by atoms with Crippen molar-refractivity contribution >= 4 is 15.9 Å². The molecule has 0 aliphatic heterocycles. The first-order valence-electron chi connectivity index (χ1n) is 11.0. The third kappa shape index (κ3) is 10.4. The Bertz CT molecular complexity index is 727. The highest BCUT2D eigenvalue weighted by molar-refractivity contribution is 9.10. The van der Waals surface area contributed by atoms with E-state index < -0.39 is 0 Å². The molecule has 0 saturated heterocycles. The van der Waals surface area contributed by atoms with Crippen LogP contribution in [-0.4, -0.2) is 70.0 Å². The fraction of sp³-hybridized carbons (Fsp3) is 0.542. The van der Waals surface area contributed by atoms with E-state index in [1.165, 1.54) is 5.56 Å². The lowest BCUT2D eigenvalue weighted by Gasteiger charge is -2.34. The molecule has 0 bridgehead atoms. The maximum absolute atomic E-state index is 5.80. The SMILES string of the molecule is Brc1ccc(O[C@H]2C[C@H](OCCOCCOCCOCCOCc3ccccc3)C2)nc1. The molecule has 0 atom stereocenters. The first-order chi connectivity index (χ1) is 15.8. The highest BCUT2D eigenvalue weighted by Gasteiger charge is 2.31. The van der Waals surface area contributed by atoms with Crippen LogP contribution in [0, 0.1) is 0 Å². The molecule has 0 spiro atoms. The molecule has 8 heteroatoms. The Morgan fingerprint density at radius 3 is 1.97 bits per heavy atom. The third-order valence-corrected chi connectivity index (χ3v) is 5.32. The van der Waals surface area contributed by atoms with Crippen LogP contribution in [0.15, 0.2) is 53.1 Å². The number of nitrogens with zero attached hydrogens (tertiary/aromatic N) is 1. The van der Waals surface area contributed by atoms with E-state index in [0.29, 0.717) is 65.3 Å². The van der Waals surface area contributed by atoms with E-state index in [2.05, 4.69) is 20.9 Å². The Morgan fingerprint density at radius 2 is 1.34 bits per heavy atom. The summed E-state index contributed by atoms with van der Waals surface area (Å²) in [5.74, 6) is 0.654. The highest BCUT2D eigenvalue weighted by atomic mass is 79.9. The number of aromatic nitrogens is 1. The van der Waals surface area contributed by atoms with Crippen LogP contribution in [0.1, 0.15) is 18.4 Å². The number of benzene rings is 1. The second kappa shape index (κ2) is 15.3. The van der Waals surface area contributed by atoms with Gasteiger partial charge in [-0.25, -0.2) is 4.98 Å². The van der Waals surface area contributed by atoms with Crippen molar-refractivity contribution in [1.29, 1.82) is 0 Å². The zero-order valence-corrected chi connectivity index (χ0v) is 19.9. The molecule has 0 unspecified atom stereocenters. The van der Waals surface area contributed by atoms with Gasteiger partial charge in [0.1, 0.15) is 6.10 Å². The number of ether oxygens (including phenoxy) is 6.